The quantitative estimate of drug-likeness (QED) is 0.563. The highest BCUT2D eigenvalue weighted by molar-refractivity contribution is 7.87. The lowest BCUT2D eigenvalue weighted by Gasteiger charge is -2.36. The molecule has 98 valence electrons. The van der Waals surface area contributed by atoms with Crippen molar-refractivity contribution in [2.45, 2.75) is 18.3 Å². The van der Waals surface area contributed by atoms with Crippen LogP contribution in [0.15, 0.2) is 11.8 Å². The Kier molecular flexibility index (Phi) is 3.11. The molecule has 8 heteroatoms. The second kappa shape index (κ2) is 4.16. The van der Waals surface area contributed by atoms with Crippen LogP contribution in [-0.4, -0.2) is 38.5 Å². The first-order valence-electron chi connectivity index (χ1n) is 5.23. The van der Waals surface area contributed by atoms with Crippen LogP contribution in [0.4, 0.5) is 13.2 Å². The highest BCUT2D eigenvalue weighted by atomic mass is 32.2. The van der Waals surface area contributed by atoms with Crippen LogP contribution in [0.5, 0.6) is 0 Å². The van der Waals surface area contributed by atoms with Crippen molar-refractivity contribution in [2.24, 2.45) is 5.92 Å². The molecule has 0 amide bonds. The monoisotopic (exact) mass is 271 g/mol. The van der Waals surface area contributed by atoms with Crippen LogP contribution in [0.25, 0.3) is 0 Å². The molecule has 0 spiro atoms. The number of halogens is 3. The second-order valence-corrected chi connectivity index (χ2v) is 5.73. The molecule has 1 fully saturated rings. The summed E-state index contributed by atoms with van der Waals surface area (Å²) in [6, 6.07) is 0. The number of alkyl halides is 3. The summed E-state index contributed by atoms with van der Waals surface area (Å²) in [5.74, 6) is -0.298. The van der Waals surface area contributed by atoms with Crippen molar-refractivity contribution in [2.75, 3.05) is 19.6 Å². The lowest BCUT2D eigenvalue weighted by atomic mass is 9.93. The number of nitrogens with zero attached hydrogens (tertiary/aromatic N) is 1. The van der Waals surface area contributed by atoms with Gasteiger partial charge in [-0.1, -0.05) is 0 Å². The van der Waals surface area contributed by atoms with Crippen LogP contribution < -0.4 is 0 Å². The van der Waals surface area contributed by atoms with Gasteiger partial charge in [-0.2, -0.15) is 21.6 Å². The first kappa shape index (κ1) is 12.7. The van der Waals surface area contributed by atoms with Crippen molar-refractivity contribution in [1.82, 2.24) is 4.90 Å². The Morgan fingerprint density at radius 3 is 2.76 bits per heavy atom. The van der Waals surface area contributed by atoms with E-state index < -0.39 is 15.6 Å². The highest BCUT2D eigenvalue weighted by Gasteiger charge is 2.49. The van der Waals surface area contributed by atoms with Gasteiger partial charge in [-0.25, -0.2) is 0 Å². The topological polar surface area (TPSA) is 46.6 Å². The van der Waals surface area contributed by atoms with Gasteiger partial charge in [0.05, 0.1) is 0 Å². The van der Waals surface area contributed by atoms with Crippen LogP contribution in [0.1, 0.15) is 12.8 Å². The summed E-state index contributed by atoms with van der Waals surface area (Å²) in [6.45, 7) is 1.91. The summed E-state index contributed by atoms with van der Waals surface area (Å²) < 4.78 is 62.4. The second-order valence-electron chi connectivity index (χ2n) is 4.19. The average Bonchev–Trinajstić information content (AvgIpc) is 2.21. The van der Waals surface area contributed by atoms with E-state index in [9.17, 15) is 21.6 Å². The molecule has 2 heterocycles. The van der Waals surface area contributed by atoms with E-state index in [1.807, 2.05) is 0 Å². The zero-order chi connectivity index (χ0) is 12.7. The first-order chi connectivity index (χ1) is 7.79. The van der Waals surface area contributed by atoms with Crippen molar-refractivity contribution in [3.8, 4) is 0 Å². The lowest BCUT2D eigenvalue weighted by molar-refractivity contribution is -0.0531. The van der Waals surface area contributed by atoms with Gasteiger partial charge in [0.25, 0.3) is 0 Å². The highest BCUT2D eigenvalue weighted by Crippen LogP contribution is 2.33. The fraction of sp³-hybridized carbons (Fsp3) is 0.778. The van der Waals surface area contributed by atoms with Gasteiger partial charge in [0.15, 0.2) is 0 Å². The standard InChI is InChI=1S/C9H12F3NO3S/c10-9(11,12)17(14,15)16-8-3-5-13-4-1-2-7(8)6-13/h3,7H,1-2,4-6H2. The van der Waals surface area contributed by atoms with E-state index in [4.69, 9.17) is 0 Å². The molecule has 1 saturated heterocycles. The summed E-state index contributed by atoms with van der Waals surface area (Å²) in [6.07, 6.45) is 2.93. The van der Waals surface area contributed by atoms with Crippen molar-refractivity contribution < 1.29 is 25.8 Å². The molecule has 2 bridgehead atoms. The summed E-state index contributed by atoms with van der Waals surface area (Å²) in [5.41, 5.74) is -5.36. The Labute approximate surface area is 97.2 Å². The SMILES string of the molecule is O=S(=O)(OC1=CCN2CCCC1C2)C(F)(F)F. The summed E-state index contributed by atoms with van der Waals surface area (Å²) in [7, 11) is -5.52. The molecule has 0 aromatic rings. The first-order valence-corrected chi connectivity index (χ1v) is 6.63. The molecule has 0 aromatic heterocycles. The predicted octanol–water partition coefficient (Wildman–Crippen LogP) is 1.46. The molecule has 2 aliphatic heterocycles. The maximum Gasteiger partial charge on any atom is 0.534 e. The van der Waals surface area contributed by atoms with Gasteiger partial charge >= 0.3 is 15.6 Å². The van der Waals surface area contributed by atoms with Gasteiger partial charge in [-0.3, -0.25) is 4.90 Å². The van der Waals surface area contributed by atoms with E-state index in [0.717, 1.165) is 13.0 Å². The molecule has 2 unspecified atom stereocenters. The van der Waals surface area contributed by atoms with Crippen molar-refractivity contribution in [1.29, 1.82) is 0 Å². The molecule has 0 N–H and O–H groups in total. The fourth-order valence-electron chi connectivity index (χ4n) is 2.12. The van der Waals surface area contributed by atoms with Crippen LogP contribution in [0.3, 0.4) is 0 Å². The minimum atomic E-state index is -5.52. The number of hydrogen-bond acceptors (Lipinski definition) is 4. The molecule has 4 nitrogen and oxygen atoms in total. The Bertz CT molecular complexity index is 429. The minimum absolute atomic E-state index is 0.0572. The van der Waals surface area contributed by atoms with E-state index in [1.165, 1.54) is 6.08 Å². The maximum atomic E-state index is 12.2. The van der Waals surface area contributed by atoms with Crippen molar-refractivity contribution in [3.63, 3.8) is 0 Å². The Morgan fingerprint density at radius 2 is 2.12 bits per heavy atom. The van der Waals surface area contributed by atoms with E-state index in [2.05, 4.69) is 9.08 Å². The normalized spacial score (nSPS) is 29.7. The van der Waals surface area contributed by atoms with Crippen LogP contribution in [0.2, 0.25) is 0 Å². The largest absolute Gasteiger partial charge is 0.534 e. The Balaban J connectivity index is 2.14. The molecule has 17 heavy (non-hydrogen) atoms. The fourth-order valence-corrected chi connectivity index (χ4v) is 2.67. The Hall–Kier alpha value is -0.760. The number of fused-ring (bicyclic) bond motifs is 2. The summed E-state index contributed by atoms with van der Waals surface area (Å²) >= 11 is 0. The molecule has 2 aliphatic rings. The molecule has 0 aromatic carbocycles. The number of hydrogen-bond donors (Lipinski definition) is 0. The third-order valence-electron chi connectivity index (χ3n) is 2.95. The molecule has 0 aliphatic carbocycles. The van der Waals surface area contributed by atoms with E-state index in [0.29, 0.717) is 19.5 Å². The molecule has 2 rings (SSSR count). The van der Waals surface area contributed by atoms with E-state index in [-0.39, 0.29) is 11.7 Å². The molecule has 2 atom stereocenters. The molecule has 0 saturated carbocycles. The smallest absolute Gasteiger partial charge is 0.381 e. The van der Waals surface area contributed by atoms with Crippen molar-refractivity contribution >= 4 is 10.1 Å². The van der Waals surface area contributed by atoms with Gasteiger partial charge in [0.1, 0.15) is 5.76 Å². The zero-order valence-corrected chi connectivity index (χ0v) is 9.72. The van der Waals surface area contributed by atoms with E-state index in [1.54, 1.807) is 0 Å². The molecular weight excluding hydrogens is 259 g/mol. The molecule has 0 radical (unpaired) electrons. The minimum Gasteiger partial charge on any atom is -0.381 e. The van der Waals surface area contributed by atoms with Crippen LogP contribution in [0, 0.1) is 5.92 Å². The predicted molar refractivity (Wildman–Crippen MR) is 53.3 cm³/mol. The van der Waals surface area contributed by atoms with Crippen LogP contribution >= 0.6 is 0 Å². The third-order valence-corrected chi connectivity index (χ3v) is 3.93. The zero-order valence-electron chi connectivity index (χ0n) is 8.90. The Morgan fingerprint density at radius 1 is 1.41 bits per heavy atom. The van der Waals surface area contributed by atoms with E-state index >= 15 is 0 Å². The number of piperidine rings is 1. The van der Waals surface area contributed by atoms with Gasteiger partial charge in [-0.15, -0.1) is 0 Å². The van der Waals surface area contributed by atoms with Gasteiger partial charge in [0, 0.05) is 19.0 Å². The van der Waals surface area contributed by atoms with Crippen molar-refractivity contribution in [3.05, 3.63) is 11.8 Å². The average molecular weight is 271 g/mol. The molecular formula is C9H12F3NO3S. The van der Waals surface area contributed by atoms with Gasteiger partial charge in [-0.05, 0) is 25.5 Å². The van der Waals surface area contributed by atoms with Gasteiger partial charge < -0.3 is 4.18 Å². The number of rotatable bonds is 2. The lowest BCUT2D eigenvalue weighted by Crippen LogP contribution is -2.41. The van der Waals surface area contributed by atoms with Crippen LogP contribution in [-0.2, 0) is 14.3 Å². The maximum absolute atomic E-state index is 12.2. The third kappa shape index (κ3) is 2.57. The summed E-state index contributed by atoms with van der Waals surface area (Å²) in [5, 5.41) is 0. The summed E-state index contributed by atoms with van der Waals surface area (Å²) in [4.78, 5) is 2.06. The van der Waals surface area contributed by atoms with Gasteiger partial charge in [0.2, 0.25) is 0 Å².